The van der Waals surface area contributed by atoms with E-state index < -0.39 is 0 Å². The van der Waals surface area contributed by atoms with Gasteiger partial charge in [0.25, 0.3) is 0 Å². The van der Waals surface area contributed by atoms with Crippen LogP contribution in [0.1, 0.15) is 51.8 Å². The molecule has 0 atom stereocenters. The van der Waals surface area contributed by atoms with Crippen LogP contribution in [0.5, 0.6) is 0 Å². The van der Waals surface area contributed by atoms with Crippen molar-refractivity contribution < 1.29 is 0 Å². The molecule has 0 saturated heterocycles. The van der Waals surface area contributed by atoms with Crippen molar-refractivity contribution in [1.29, 1.82) is 0 Å². The highest BCUT2D eigenvalue weighted by Gasteiger charge is 2.23. The van der Waals surface area contributed by atoms with Gasteiger partial charge in [-0.3, -0.25) is 14.9 Å². The van der Waals surface area contributed by atoms with Crippen LogP contribution in [0.25, 0.3) is 0 Å². The molecule has 0 aromatic carbocycles. The molecule has 3 heteroatoms. The van der Waals surface area contributed by atoms with E-state index in [9.17, 15) is 0 Å². The summed E-state index contributed by atoms with van der Waals surface area (Å²) in [7, 11) is 0. The summed E-state index contributed by atoms with van der Waals surface area (Å²) in [5.41, 5.74) is 6.75. The van der Waals surface area contributed by atoms with Crippen LogP contribution in [-0.2, 0) is 12.0 Å². The summed E-state index contributed by atoms with van der Waals surface area (Å²) in [6, 6.07) is 4.40. The van der Waals surface area contributed by atoms with Crippen molar-refractivity contribution in [2.75, 3.05) is 13.1 Å². The van der Waals surface area contributed by atoms with Crippen molar-refractivity contribution in [2.24, 2.45) is 4.99 Å². The smallest absolute Gasteiger partial charge is 0.0457 e. The molecule has 0 saturated carbocycles. The third kappa shape index (κ3) is 3.24. The van der Waals surface area contributed by atoms with Gasteiger partial charge in [0.05, 0.1) is 0 Å². The fourth-order valence-corrected chi connectivity index (χ4v) is 3.11. The molecule has 0 aliphatic carbocycles. The Balaban J connectivity index is 1.63. The second-order valence-electron chi connectivity index (χ2n) is 7.34. The van der Waals surface area contributed by atoms with E-state index in [-0.39, 0.29) is 5.41 Å². The van der Waals surface area contributed by atoms with Gasteiger partial charge in [0.15, 0.2) is 0 Å². The van der Waals surface area contributed by atoms with Crippen molar-refractivity contribution in [2.45, 2.75) is 52.5 Å². The van der Waals surface area contributed by atoms with Crippen LogP contribution >= 0.6 is 0 Å². The lowest BCUT2D eigenvalue weighted by molar-refractivity contribution is 0.276. The molecule has 0 amide bonds. The zero-order valence-corrected chi connectivity index (χ0v) is 13.6. The van der Waals surface area contributed by atoms with Crippen LogP contribution in [-0.4, -0.2) is 28.7 Å². The molecule has 112 valence electrons. The van der Waals surface area contributed by atoms with Crippen molar-refractivity contribution in [1.82, 2.24) is 9.88 Å². The maximum atomic E-state index is 4.65. The normalized spacial score (nSPS) is 19.7. The Hall–Kier alpha value is -1.48. The van der Waals surface area contributed by atoms with E-state index in [0.717, 1.165) is 38.2 Å². The highest BCUT2D eigenvalue weighted by Crippen LogP contribution is 2.28. The van der Waals surface area contributed by atoms with E-state index in [2.05, 4.69) is 54.7 Å². The first-order valence-electron chi connectivity index (χ1n) is 7.84. The molecular formula is C18H25N3. The topological polar surface area (TPSA) is 28.5 Å². The Morgan fingerprint density at radius 1 is 1.24 bits per heavy atom. The second kappa shape index (κ2) is 5.38. The maximum absolute atomic E-state index is 4.65. The summed E-state index contributed by atoms with van der Waals surface area (Å²) in [4.78, 5) is 11.8. The van der Waals surface area contributed by atoms with Gasteiger partial charge in [0, 0.05) is 61.2 Å². The molecule has 0 radical (unpaired) electrons. The van der Waals surface area contributed by atoms with E-state index in [1.807, 2.05) is 6.20 Å². The van der Waals surface area contributed by atoms with Gasteiger partial charge < -0.3 is 0 Å². The van der Waals surface area contributed by atoms with Crippen LogP contribution in [0, 0.1) is 0 Å². The van der Waals surface area contributed by atoms with Gasteiger partial charge in [0.1, 0.15) is 0 Å². The number of aromatic nitrogens is 1. The predicted octanol–water partition coefficient (Wildman–Crippen LogP) is 3.70. The largest absolute Gasteiger partial charge is 0.295 e. The van der Waals surface area contributed by atoms with Crippen LogP contribution in [0.3, 0.4) is 0 Å². The minimum absolute atomic E-state index is 0.127. The number of aliphatic imine (C=N–C) groups is 1. The summed E-state index contributed by atoms with van der Waals surface area (Å²) >= 11 is 0. The number of hydrogen-bond acceptors (Lipinski definition) is 3. The lowest BCUT2D eigenvalue weighted by Gasteiger charge is -2.27. The van der Waals surface area contributed by atoms with E-state index in [0.29, 0.717) is 0 Å². The molecule has 21 heavy (non-hydrogen) atoms. The zero-order chi connectivity index (χ0) is 15.0. The van der Waals surface area contributed by atoms with Gasteiger partial charge in [-0.2, -0.15) is 0 Å². The molecule has 3 nitrogen and oxygen atoms in total. The molecule has 0 bridgehead atoms. The highest BCUT2D eigenvalue weighted by atomic mass is 15.1. The first-order valence-corrected chi connectivity index (χ1v) is 7.84. The summed E-state index contributed by atoms with van der Waals surface area (Å²) in [5, 5.41) is 0. The molecular weight excluding hydrogens is 258 g/mol. The molecule has 0 unspecified atom stereocenters. The van der Waals surface area contributed by atoms with E-state index >= 15 is 0 Å². The molecule has 2 aliphatic rings. The average Bonchev–Trinajstić information content (AvgIpc) is 2.78. The number of pyridine rings is 1. The third-order valence-corrected chi connectivity index (χ3v) is 4.28. The van der Waals surface area contributed by atoms with Crippen molar-refractivity contribution >= 4 is 5.71 Å². The van der Waals surface area contributed by atoms with Crippen LogP contribution in [0.4, 0.5) is 0 Å². The Bertz CT molecular complexity index is 588. The number of rotatable bonds is 2. The Labute approximate surface area is 127 Å². The molecule has 2 aliphatic heterocycles. The van der Waals surface area contributed by atoms with Crippen molar-refractivity contribution in [3.63, 3.8) is 0 Å². The zero-order valence-electron chi connectivity index (χ0n) is 13.6. The minimum Gasteiger partial charge on any atom is -0.295 e. The number of hydrogen-bond donors (Lipinski definition) is 0. The van der Waals surface area contributed by atoms with Gasteiger partial charge >= 0.3 is 0 Å². The van der Waals surface area contributed by atoms with Crippen molar-refractivity contribution in [3.05, 3.63) is 40.9 Å². The molecule has 3 heterocycles. The van der Waals surface area contributed by atoms with Gasteiger partial charge in [-0.1, -0.05) is 26.8 Å². The first-order chi connectivity index (χ1) is 9.91. The van der Waals surface area contributed by atoms with Crippen LogP contribution < -0.4 is 0 Å². The van der Waals surface area contributed by atoms with Gasteiger partial charge in [0.2, 0.25) is 0 Å². The molecule has 1 aromatic rings. The molecule has 3 rings (SSSR count). The maximum Gasteiger partial charge on any atom is 0.0457 e. The van der Waals surface area contributed by atoms with Gasteiger partial charge in [-0.05, 0) is 24.1 Å². The standard InChI is InChI=1S/C18H25N3/c1-13-9-15-12-21(8-7-16(15)20-13)11-14-5-6-17(19-10-14)18(2,3)4/h5-6,10H,7-9,11-12H2,1-4H3. The van der Waals surface area contributed by atoms with E-state index in [1.54, 1.807) is 0 Å². The molecule has 1 aromatic heterocycles. The van der Waals surface area contributed by atoms with Crippen molar-refractivity contribution in [3.8, 4) is 0 Å². The fraction of sp³-hybridized carbons (Fsp3) is 0.556. The predicted molar refractivity (Wildman–Crippen MR) is 87.6 cm³/mol. The second-order valence-corrected chi connectivity index (χ2v) is 7.34. The first kappa shape index (κ1) is 14.5. The summed E-state index contributed by atoms with van der Waals surface area (Å²) in [6.07, 6.45) is 4.22. The van der Waals surface area contributed by atoms with Crippen LogP contribution in [0.15, 0.2) is 34.6 Å². The van der Waals surface area contributed by atoms with Gasteiger partial charge in [-0.15, -0.1) is 0 Å². The Kier molecular flexibility index (Phi) is 3.70. The number of nitrogens with zero attached hydrogens (tertiary/aromatic N) is 3. The summed E-state index contributed by atoms with van der Waals surface area (Å²) in [6.45, 7) is 11.9. The van der Waals surface area contributed by atoms with E-state index in [4.69, 9.17) is 0 Å². The summed E-state index contributed by atoms with van der Waals surface area (Å²) < 4.78 is 0. The van der Waals surface area contributed by atoms with Gasteiger partial charge in [-0.25, -0.2) is 0 Å². The third-order valence-electron chi connectivity index (χ3n) is 4.28. The quantitative estimate of drug-likeness (QED) is 0.828. The van der Waals surface area contributed by atoms with E-state index in [1.165, 1.54) is 22.5 Å². The SMILES string of the molecule is CC1=NC2=C(C1)CN(Cc1ccc(C(C)(C)C)nc1)CC2. The highest BCUT2D eigenvalue weighted by molar-refractivity contribution is 5.88. The lowest BCUT2D eigenvalue weighted by Crippen LogP contribution is -2.30. The summed E-state index contributed by atoms with van der Waals surface area (Å²) in [5.74, 6) is 0. The lowest BCUT2D eigenvalue weighted by atomic mass is 9.91. The van der Waals surface area contributed by atoms with Crippen LogP contribution in [0.2, 0.25) is 0 Å². The molecule has 0 N–H and O–H groups in total. The fourth-order valence-electron chi connectivity index (χ4n) is 3.11. The Morgan fingerprint density at radius 2 is 2.05 bits per heavy atom. The average molecular weight is 283 g/mol. The minimum atomic E-state index is 0.127. The monoisotopic (exact) mass is 283 g/mol. The molecule has 0 fully saturated rings. The molecule has 0 spiro atoms. The Morgan fingerprint density at radius 3 is 2.71 bits per heavy atom.